The van der Waals surface area contributed by atoms with Gasteiger partial charge in [-0.3, -0.25) is 0 Å². The first kappa shape index (κ1) is 11.2. The SMILES string of the molecule is Cc1ccc(CCS(=O)(=O)F)c(C)c1. The molecule has 0 unspecified atom stereocenters. The molecule has 0 radical (unpaired) electrons. The maximum atomic E-state index is 12.3. The second-order valence-electron chi connectivity index (χ2n) is 3.42. The molecule has 0 saturated heterocycles. The fourth-order valence-corrected chi connectivity index (χ4v) is 1.82. The van der Waals surface area contributed by atoms with Crippen LogP contribution in [0.1, 0.15) is 16.7 Å². The van der Waals surface area contributed by atoms with Gasteiger partial charge in [0.05, 0.1) is 5.75 Å². The summed E-state index contributed by atoms with van der Waals surface area (Å²) in [6, 6.07) is 5.70. The van der Waals surface area contributed by atoms with Crippen LogP contribution in [0.25, 0.3) is 0 Å². The summed E-state index contributed by atoms with van der Waals surface area (Å²) in [4.78, 5) is 0. The molecule has 0 heterocycles. The third-order valence-corrected chi connectivity index (χ3v) is 2.81. The van der Waals surface area contributed by atoms with Gasteiger partial charge in [0.2, 0.25) is 0 Å². The second-order valence-corrected chi connectivity index (χ2v) is 4.91. The third-order valence-electron chi connectivity index (χ3n) is 2.11. The van der Waals surface area contributed by atoms with Crippen LogP contribution in [-0.2, 0) is 16.6 Å². The molecule has 0 aliphatic heterocycles. The summed E-state index contributed by atoms with van der Waals surface area (Å²) in [6.45, 7) is 3.86. The Balaban J connectivity index is 2.78. The quantitative estimate of drug-likeness (QED) is 0.725. The van der Waals surface area contributed by atoms with Crippen LogP contribution in [-0.4, -0.2) is 14.2 Å². The fourth-order valence-electron chi connectivity index (χ4n) is 1.36. The monoisotopic (exact) mass is 216 g/mol. The summed E-state index contributed by atoms with van der Waals surface area (Å²) in [7, 11) is -4.35. The molecule has 0 aliphatic carbocycles. The second kappa shape index (κ2) is 4.09. The molecule has 0 fully saturated rings. The first-order valence-corrected chi connectivity index (χ1v) is 5.92. The van der Waals surface area contributed by atoms with E-state index in [0.717, 1.165) is 16.7 Å². The highest BCUT2D eigenvalue weighted by Gasteiger charge is 2.08. The van der Waals surface area contributed by atoms with Crippen LogP contribution in [0.15, 0.2) is 18.2 Å². The standard InChI is InChI=1S/C10H13FO2S/c1-8-3-4-10(9(2)7-8)5-6-14(11,12)13/h3-4,7H,5-6H2,1-2H3. The molecular formula is C10H13FO2S. The van der Waals surface area contributed by atoms with E-state index in [4.69, 9.17) is 0 Å². The normalized spacial score (nSPS) is 11.6. The van der Waals surface area contributed by atoms with Crippen molar-refractivity contribution in [2.45, 2.75) is 20.3 Å². The molecule has 1 aromatic rings. The van der Waals surface area contributed by atoms with E-state index in [9.17, 15) is 12.3 Å². The number of aryl methyl sites for hydroxylation is 3. The summed E-state index contributed by atoms with van der Waals surface area (Å²) in [5.41, 5.74) is 3.01. The van der Waals surface area contributed by atoms with Gasteiger partial charge in [-0.1, -0.05) is 23.8 Å². The van der Waals surface area contributed by atoms with Crippen molar-refractivity contribution < 1.29 is 12.3 Å². The summed E-state index contributed by atoms with van der Waals surface area (Å²) < 4.78 is 32.9. The highest BCUT2D eigenvalue weighted by atomic mass is 32.3. The number of hydrogen-bond donors (Lipinski definition) is 0. The van der Waals surface area contributed by atoms with E-state index < -0.39 is 16.0 Å². The molecule has 0 aromatic heterocycles. The van der Waals surface area contributed by atoms with Crippen molar-refractivity contribution in [2.24, 2.45) is 0 Å². The fraction of sp³-hybridized carbons (Fsp3) is 0.400. The molecule has 1 aromatic carbocycles. The lowest BCUT2D eigenvalue weighted by atomic mass is 10.0. The lowest BCUT2D eigenvalue weighted by Gasteiger charge is -2.04. The molecule has 0 atom stereocenters. The van der Waals surface area contributed by atoms with Crippen molar-refractivity contribution in [1.82, 2.24) is 0 Å². The molecule has 14 heavy (non-hydrogen) atoms. The highest BCUT2D eigenvalue weighted by Crippen LogP contribution is 2.12. The first-order chi connectivity index (χ1) is 6.38. The molecule has 0 amide bonds. The molecule has 4 heteroatoms. The van der Waals surface area contributed by atoms with Crippen molar-refractivity contribution in [3.8, 4) is 0 Å². The van der Waals surface area contributed by atoms with Gasteiger partial charge in [-0.15, -0.1) is 3.89 Å². The van der Waals surface area contributed by atoms with Crippen molar-refractivity contribution in [3.63, 3.8) is 0 Å². The first-order valence-electron chi connectivity index (χ1n) is 4.37. The van der Waals surface area contributed by atoms with E-state index in [-0.39, 0.29) is 6.42 Å². The van der Waals surface area contributed by atoms with Gasteiger partial charge in [-0.05, 0) is 31.4 Å². The van der Waals surface area contributed by atoms with E-state index in [1.807, 2.05) is 32.0 Å². The summed E-state index contributed by atoms with van der Waals surface area (Å²) in [6.07, 6.45) is 0.241. The van der Waals surface area contributed by atoms with Gasteiger partial charge >= 0.3 is 10.2 Å². The smallest absolute Gasteiger partial charge is 0.195 e. The largest absolute Gasteiger partial charge is 0.302 e. The van der Waals surface area contributed by atoms with Gasteiger partial charge in [-0.25, -0.2) is 0 Å². The van der Waals surface area contributed by atoms with Crippen molar-refractivity contribution in [1.29, 1.82) is 0 Å². The van der Waals surface area contributed by atoms with E-state index in [1.165, 1.54) is 0 Å². The minimum Gasteiger partial charge on any atom is -0.195 e. The van der Waals surface area contributed by atoms with E-state index in [0.29, 0.717) is 0 Å². The average Bonchev–Trinajstić information content (AvgIpc) is 2.00. The van der Waals surface area contributed by atoms with Crippen LogP contribution in [0, 0.1) is 13.8 Å². The molecule has 0 N–H and O–H groups in total. The maximum Gasteiger partial charge on any atom is 0.302 e. The average molecular weight is 216 g/mol. The number of benzene rings is 1. The Kier molecular flexibility index (Phi) is 3.26. The Morgan fingerprint density at radius 2 is 1.93 bits per heavy atom. The van der Waals surface area contributed by atoms with Crippen LogP contribution in [0.5, 0.6) is 0 Å². The molecule has 2 nitrogen and oxygen atoms in total. The minimum atomic E-state index is -4.35. The van der Waals surface area contributed by atoms with Crippen LogP contribution < -0.4 is 0 Å². The van der Waals surface area contributed by atoms with Crippen LogP contribution in [0.2, 0.25) is 0 Å². The summed E-state index contributed by atoms with van der Waals surface area (Å²) in [5.74, 6) is -0.434. The Bertz CT molecular complexity index is 424. The Hall–Kier alpha value is -0.900. The van der Waals surface area contributed by atoms with Crippen LogP contribution in [0.3, 0.4) is 0 Å². The predicted molar refractivity (Wildman–Crippen MR) is 54.5 cm³/mol. The number of halogens is 1. The Labute approximate surface area is 84.0 Å². The molecule has 0 bridgehead atoms. The maximum absolute atomic E-state index is 12.3. The highest BCUT2D eigenvalue weighted by molar-refractivity contribution is 7.86. The Morgan fingerprint density at radius 1 is 1.29 bits per heavy atom. The van der Waals surface area contributed by atoms with Gasteiger partial charge in [0.25, 0.3) is 0 Å². The minimum absolute atomic E-state index is 0.241. The van der Waals surface area contributed by atoms with Crippen molar-refractivity contribution >= 4 is 10.2 Å². The zero-order valence-electron chi connectivity index (χ0n) is 8.25. The predicted octanol–water partition coefficient (Wildman–Crippen LogP) is 2.15. The van der Waals surface area contributed by atoms with Crippen molar-refractivity contribution in [2.75, 3.05) is 5.75 Å². The number of hydrogen-bond acceptors (Lipinski definition) is 2. The van der Waals surface area contributed by atoms with E-state index in [2.05, 4.69) is 0 Å². The van der Waals surface area contributed by atoms with Gasteiger partial charge in [-0.2, -0.15) is 8.42 Å². The van der Waals surface area contributed by atoms with Gasteiger partial charge in [0, 0.05) is 0 Å². The summed E-state index contributed by atoms with van der Waals surface area (Å²) in [5, 5.41) is 0. The molecule has 0 spiro atoms. The van der Waals surface area contributed by atoms with Crippen LogP contribution in [0.4, 0.5) is 3.89 Å². The molecule has 0 saturated carbocycles. The van der Waals surface area contributed by atoms with Gasteiger partial charge in [0.15, 0.2) is 0 Å². The van der Waals surface area contributed by atoms with E-state index >= 15 is 0 Å². The molecule has 0 aliphatic rings. The molecular weight excluding hydrogens is 203 g/mol. The lowest BCUT2D eigenvalue weighted by Crippen LogP contribution is -2.03. The zero-order chi connectivity index (χ0) is 10.8. The van der Waals surface area contributed by atoms with Gasteiger partial charge < -0.3 is 0 Å². The number of rotatable bonds is 3. The van der Waals surface area contributed by atoms with Crippen molar-refractivity contribution in [3.05, 3.63) is 34.9 Å². The topological polar surface area (TPSA) is 34.1 Å². The summed E-state index contributed by atoms with van der Waals surface area (Å²) >= 11 is 0. The zero-order valence-corrected chi connectivity index (χ0v) is 9.07. The molecule has 1 rings (SSSR count). The molecule has 78 valence electrons. The lowest BCUT2D eigenvalue weighted by molar-refractivity contribution is 0.551. The Morgan fingerprint density at radius 3 is 2.43 bits per heavy atom. The van der Waals surface area contributed by atoms with Crippen LogP contribution >= 0.6 is 0 Å². The third kappa shape index (κ3) is 3.46. The van der Waals surface area contributed by atoms with Gasteiger partial charge in [0.1, 0.15) is 0 Å². The van der Waals surface area contributed by atoms with E-state index in [1.54, 1.807) is 0 Å².